The molecule has 0 unspecified atom stereocenters. The summed E-state index contributed by atoms with van der Waals surface area (Å²) in [5, 5.41) is 7.83. The first-order valence-corrected chi connectivity index (χ1v) is 5.03. The van der Waals surface area contributed by atoms with Crippen molar-refractivity contribution in [3.63, 3.8) is 0 Å². The van der Waals surface area contributed by atoms with Crippen molar-refractivity contribution in [1.82, 2.24) is 19.7 Å². The summed E-state index contributed by atoms with van der Waals surface area (Å²) >= 11 is 1.51. The molecule has 1 aliphatic rings. The second-order valence-corrected chi connectivity index (χ2v) is 3.96. The maximum Gasteiger partial charge on any atom is 0.284 e. The molecule has 1 N–H and O–H groups in total. The van der Waals surface area contributed by atoms with E-state index in [1.54, 1.807) is 0 Å². The van der Waals surface area contributed by atoms with E-state index in [1.165, 1.54) is 18.0 Å². The molecule has 3 rings (SSSR count). The third kappa shape index (κ3) is 0.832. The van der Waals surface area contributed by atoms with Crippen LogP contribution >= 0.6 is 11.8 Å². The van der Waals surface area contributed by atoms with Gasteiger partial charge in [0.05, 0.1) is 6.20 Å². The monoisotopic (exact) mass is 206 g/mol. The average molecular weight is 206 g/mol. The van der Waals surface area contributed by atoms with Gasteiger partial charge in [0.15, 0.2) is 5.16 Å². The third-order valence-corrected chi connectivity index (χ3v) is 3.16. The maximum atomic E-state index is 11.5. The second-order valence-electron chi connectivity index (χ2n) is 3.02. The fourth-order valence-electron chi connectivity index (χ4n) is 1.50. The number of hydrogen-bond donors (Lipinski definition) is 1. The van der Waals surface area contributed by atoms with Gasteiger partial charge in [0.25, 0.3) is 5.56 Å². The minimum atomic E-state index is -0.234. The average Bonchev–Trinajstić information content (AvgIpc) is 2.72. The summed E-state index contributed by atoms with van der Waals surface area (Å²) in [6.07, 6.45) is 1.49. The van der Waals surface area contributed by atoms with E-state index in [0.717, 1.165) is 11.4 Å². The molecule has 0 spiro atoms. The normalized spacial score (nSPS) is 15.0. The molecule has 1 aliphatic heterocycles. The molecule has 0 amide bonds. The standard InChI is InChI=1S/C8H6N4OS/c1-4-3-14-8-10-7(13)5-2-9-11-6(5)12(4)8/h2H,1,3H2,(H,9,11). The fourth-order valence-corrected chi connectivity index (χ4v) is 2.42. The molecule has 0 aliphatic carbocycles. The van der Waals surface area contributed by atoms with Crippen LogP contribution in [0.2, 0.25) is 0 Å². The molecule has 5 nitrogen and oxygen atoms in total. The van der Waals surface area contributed by atoms with E-state index in [2.05, 4.69) is 21.8 Å². The molecule has 0 saturated carbocycles. The Kier molecular flexibility index (Phi) is 1.38. The maximum absolute atomic E-state index is 11.5. The third-order valence-electron chi connectivity index (χ3n) is 2.15. The van der Waals surface area contributed by atoms with Crippen molar-refractivity contribution in [1.29, 1.82) is 0 Å². The number of nitrogens with one attached hydrogen (secondary N) is 1. The molecule has 0 saturated heterocycles. The number of aromatic amines is 1. The number of hydrogen-bond acceptors (Lipinski definition) is 4. The second kappa shape index (κ2) is 2.48. The van der Waals surface area contributed by atoms with E-state index in [9.17, 15) is 4.79 Å². The fraction of sp³-hybridized carbons (Fsp3) is 0.125. The van der Waals surface area contributed by atoms with Gasteiger partial charge in [-0.2, -0.15) is 10.1 Å². The summed E-state index contributed by atoms with van der Waals surface area (Å²) in [5.74, 6) is 0.768. The Hall–Kier alpha value is -1.56. The quantitative estimate of drug-likeness (QED) is 0.644. The zero-order valence-corrected chi connectivity index (χ0v) is 7.97. The minimum Gasteiger partial charge on any atom is -0.277 e. The Labute approximate surface area is 82.8 Å². The van der Waals surface area contributed by atoms with Gasteiger partial charge in [0.2, 0.25) is 0 Å². The first-order valence-electron chi connectivity index (χ1n) is 4.04. The smallest absolute Gasteiger partial charge is 0.277 e. The molecule has 0 fully saturated rings. The van der Waals surface area contributed by atoms with E-state index < -0.39 is 0 Å². The first-order chi connectivity index (χ1) is 6.77. The summed E-state index contributed by atoms with van der Waals surface area (Å²) in [4.78, 5) is 15.4. The Balaban J connectivity index is 2.57. The molecule has 6 heteroatoms. The molecule has 70 valence electrons. The molecular weight excluding hydrogens is 200 g/mol. The lowest BCUT2D eigenvalue weighted by atomic mass is 10.4. The molecule has 0 radical (unpaired) electrons. The Morgan fingerprint density at radius 1 is 1.64 bits per heavy atom. The van der Waals surface area contributed by atoms with Crippen molar-refractivity contribution in [2.75, 3.05) is 5.75 Å². The molecule has 2 aromatic rings. The zero-order valence-electron chi connectivity index (χ0n) is 7.15. The van der Waals surface area contributed by atoms with E-state index in [-0.39, 0.29) is 5.56 Å². The summed E-state index contributed by atoms with van der Waals surface area (Å²) < 4.78 is 1.84. The molecule has 0 atom stereocenters. The lowest BCUT2D eigenvalue weighted by molar-refractivity contribution is 0.871. The van der Waals surface area contributed by atoms with Crippen molar-refractivity contribution >= 4 is 28.5 Å². The summed E-state index contributed by atoms with van der Waals surface area (Å²) in [6.45, 7) is 3.91. The molecule has 0 aromatic carbocycles. The van der Waals surface area contributed by atoms with Gasteiger partial charge in [-0.3, -0.25) is 14.5 Å². The predicted molar refractivity (Wildman–Crippen MR) is 54.2 cm³/mol. The van der Waals surface area contributed by atoms with E-state index in [4.69, 9.17) is 0 Å². The number of fused-ring (bicyclic) bond motifs is 3. The van der Waals surface area contributed by atoms with Crippen LogP contribution in [0.5, 0.6) is 0 Å². The molecule has 14 heavy (non-hydrogen) atoms. The number of nitrogens with zero attached hydrogens (tertiary/aromatic N) is 3. The van der Waals surface area contributed by atoms with Crippen LogP contribution in [0.25, 0.3) is 16.7 Å². The zero-order chi connectivity index (χ0) is 9.71. The van der Waals surface area contributed by atoms with Crippen LogP contribution in [-0.2, 0) is 0 Å². The Bertz CT molecular complexity index is 597. The number of aromatic nitrogens is 4. The lowest BCUT2D eigenvalue weighted by Gasteiger charge is -2.02. The highest BCUT2D eigenvalue weighted by Crippen LogP contribution is 2.31. The predicted octanol–water partition coefficient (Wildman–Crippen LogP) is 0.696. The highest BCUT2D eigenvalue weighted by molar-refractivity contribution is 7.99. The number of rotatable bonds is 0. The van der Waals surface area contributed by atoms with Gasteiger partial charge in [-0.05, 0) is 0 Å². The highest BCUT2D eigenvalue weighted by atomic mass is 32.2. The summed E-state index contributed by atoms with van der Waals surface area (Å²) in [7, 11) is 0. The van der Waals surface area contributed by atoms with Crippen molar-refractivity contribution in [2.45, 2.75) is 5.16 Å². The van der Waals surface area contributed by atoms with Crippen molar-refractivity contribution in [2.24, 2.45) is 0 Å². The molecule has 2 aromatic heterocycles. The van der Waals surface area contributed by atoms with Crippen LogP contribution in [0.15, 0.2) is 22.7 Å². The van der Waals surface area contributed by atoms with Gasteiger partial charge >= 0.3 is 0 Å². The van der Waals surface area contributed by atoms with Crippen LogP contribution in [0, 0.1) is 0 Å². The summed E-state index contributed by atoms with van der Waals surface area (Å²) in [6, 6.07) is 0. The van der Waals surface area contributed by atoms with Gasteiger partial charge in [-0.25, -0.2) is 0 Å². The van der Waals surface area contributed by atoms with Crippen molar-refractivity contribution in [3.8, 4) is 0 Å². The Morgan fingerprint density at radius 2 is 2.50 bits per heavy atom. The number of H-pyrrole nitrogens is 1. The van der Waals surface area contributed by atoms with Crippen LogP contribution in [0.1, 0.15) is 0 Å². The van der Waals surface area contributed by atoms with Gasteiger partial charge in [0, 0.05) is 11.4 Å². The lowest BCUT2D eigenvalue weighted by Crippen LogP contribution is -2.11. The van der Waals surface area contributed by atoms with Crippen molar-refractivity contribution < 1.29 is 0 Å². The minimum absolute atomic E-state index is 0.234. The van der Waals surface area contributed by atoms with Crippen LogP contribution in [0.3, 0.4) is 0 Å². The molecule has 3 heterocycles. The summed E-state index contributed by atoms with van der Waals surface area (Å²) in [5.41, 5.74) is 1.38. The van der Waals surface area contributed by atoms with Crippen LogP contribution in [0.4, 0.5) is 0 Å². The van der Waals surface area contributed by atoms with Gasteiger partial charge in [-0.15, -0.1) is 0 Å². The topological polar surface area (TPSA) is 63.6 Å². The SMILES string of the molecule is C=C1CSc2nc(=O)c3cn[nH]c3n21. The molecule has 0 bridgehead atoms. The van der Waals surface area contributed by atoms with Gasteiger partial charge in [-0.1, -0.05) is 18.3 Å². The largest absolute Gasteiger partial charge is 0.284 e. The van der Waals surface area contributed by atoms with Crippen LogP contribution in [-0.4, -0.2) is 25.5 Å². The van der Waals surface area contributed by atoms with E-state index >= 15 is 0 Å². The Morgan fingerprint density at radius 3 is 3.36 bits per heavy atom. The van der Waals surface area contributed by atoms with Gasteiger partial charge < -0.3 is 0 Å². The van der Waals surface area contributed by atoms with E-state index in [1.807, 2.05) is 4.57 Å². The highest BCUT2D eigenvalue weighted by Gasteiger charge is 2.20. The van der Waals surface area contributed by atoms with E-state index in [0.29, 0.717) is 16.2 Å². The first kappa shape index (κ1) is 7.81. The number of thioether (sulfide) groups is 1. The van der Waals surface area contributed by atoms with Gasteiger partial charge in [0.1, 0.15) is 11.0 Å². The molecular formula is C8H6N4OS. The van der Waals surface area contributed by atoms with Crippen LogP contribution < -0.4 is 5.56 Å². The van der Waals surface area contributed by atoms with Crippen molar-refractivity contribution in [3.05, 3.63) is 23.1 Å².